The molecule has 1 aliphatic carbocycles. The number of halogens is 1. The minimum atomic E-state index is 0.415. The Labute approximate surface area is 123 Å². The van der Waals surface area contributed by atoms with E-state index in [1.807, 2.05) is 35.1 Å². The van der Waals surface area contributed by atoms with Crippen molar-refractivity contribution in [3.8, 4) is 11.3 Å². The van der Waals surface area contributed by atoms with Gasteiger partial charge in [-0.25, -0.2) is 0 Å². The molecule has 0 saturated heterocycles. The molecule has 0 radical (unpaired) electrons. The number of hydrogen-bond donors (Lipinski definition) is 0. The van der Waals surface area contributed by atoms with Crippen molar-refractivity contribution >= 4 is 17.9 Å². The number of carbonyl (C=O) groups excluding carboxylic acids is 1. The highest BCUT2D eigenvalue weighted by Gasteiger charge is 2.20. The molecule has 0 unspecified atom stereocenters. The Morgan fingerprint density at radius 1 is 1.20 bits per heavy atom. The third kappa shape index (κ3) is 2.50. The van der Waals surface area contributed by atoms with Gasteiger partial charge in [-0.3, -0.25) is 9.48 Å². The van der Waals surface area contributed by atoms with E-state index in [0.29, 0.717) is 22.3 Å². The SMILES string of the molecule is O=Cc1cn(C2CCCCC2)nc1-c1ccccc1Cl. The molecule has 0 atom stereocenters. The first-order valence-corrected chi connectivity index (χ1v) is 7.46. The molecule has 3 rings (SSSR count). The van der Waals surface area contributed by atoms with Crippen LogP contribution < -0.4 is 0 Å². The number of hydrogen-bond acceptors (Lipinski definition) is 2. The molecule has 4 heteroatoms. The molecule has 1 aromatic carbocycles. The molecule has 104 valence electrons. The summed E-state index contributed by atoms with van der Waals surface area (Å²) in [7, 11) is 0. The van der Waals surface area contributed by atoms with Gasteiger partial charge in [-0.05, 0) is 18.9 Å². The van der Waals surface area contributed by atoms with E-state index < -0.39 is 0 Å². The minimum absolute atomic E-state index is 0.415. The normalized spacial score (nSPS) is 16.2. The molecular weight excluding hydrogens is 272 g/mol. The summed E-state index contributed by atoms with van der Waals surface area (Å²) in [6.07, 6.45) is 8.79. The summed E-state index contributed by atoms with van der Waals surface area (Å²) in [5.74, 6) is 0. The fraction of sp³-hybridized carbons (Fsp3) is 0.375. The van der Waals surface area contributed by atoms with Gasteiger partial charge in [-0.15, -0.1) is 0 Å². The van der Waals surface area contributed by atoms with Crippen LogP contribution in [0.15, 0.2) is 30.5 Å². The van der Waals surface area contributed by atoms with Crippen LogP contribution in [0, 0.1) is 0 Å². The van der Waals surface area contributed by atoms with Crippen LogP contribution >= 0.6 is 11.6 Å². The summed E-state index contributed by atoms with van der Waals surface area (Å²) in [4.78, 5) is 11.3. The van der Waals surface area contributed by atoms with Gasteiger partial charge in [-0.1, -0.05) is 49.1 Å². The predicted molar refractivity (Wildman–Crippen MR) is 80.2 cm³/mol. The number of benzene rings is 1. The Morgan fingerprint density at radius 2 is 1.95 bits per heavy atom. The quantitative estimate of drug-likeness (QED) is 0.778. The average Bonchev–Trinajstić information content (AvgIpc) is 2.93. The largest absolute Gasteiger partial charge is 0.298 e. The Kier molecular flexibility index (Phi) is 3.88. The van der Waals surface area contributed by atoms with E-state index in [0.717, 1.165) is 24.7 Å². The molecule has 0 aliphatic heterocycles. The van der Waals surface area contributed by atoms with Gasteiger partial charge in [0, 0.05) is 11.8 Å². The lowest BCUT2D eigenvalue weighted by atomic mass is 9.96. The second-order valence-electron chi connectivity index (χ2n) is 5.30. The van der Waals surface area contributed by atoms with E-state index in [1.165, 1.54) is 19.3 Å². The first-order chi connectivity index (χ1) is 9.79. The van der Waals surface area contributed by atoms with Crippen LogP contribution in [-0.2, 0) is 0 Å². The predicted octanol–water partition coefficient (Wildman–Crippen LogP) is 4.52. The minimum Gasteiger partial charge on any atom is -0.298 e. The van der Waals surface area contributed by atoms with Gasteiger partial charge in [0.05, 0.1) is 16.6 Å². The molecule has 1 aromatic heterocycles. The molecule has 1 heterocycles. The molecule has 1 aliphatic rings. The van der Waals surface area contributed by atoms with Gasteiger partial charge in [0.15, 0.2) is 6.29 Å². The van der Waals surface area contributed by atoms with E-state index in [-0.39, 0.29) is 0 Å². The summed E-state index contributed by atoms with van der Waals surface area (Å²) in [6.45, 7) is 0. The van der Waals surface area contributed by atoms with Crippen molar-refractivity contribution in [1.82, 2.24) is 9.78 Å². The zero-order chi connectivity index (χ0) is 13.9. The lowest BCUT2D eigenvalue weighted by molar-refractivity contribution is 0.112. The highest BCUT2D eigenvalue weighted by atomic mass is 35.5. The maximum Gasteiger partial charge on any atom is 0.153 e. The summed E-state index contributed by atoms with van der Waals surface area (Å²) in [6, 6.07) is 7.94. The Hall–Kier alpha value is -1.61. The van der Waals surface area contributed by atoms with Crippen molar-refractivity contribution in [2.24, 2.45) is 0 Å². The lowest BCUT2D eigenvalue weighted by Crippen LogP contribution is -2.13. The van der Waals surface area contributed by atoms with Gasteiger partial charge in [-0.2, -0.15) is 5.10 Å². The second-order valence-corrected chi connectivity index (χ2v) is 5.71. The maximum absolute atomic E-state index is 11.3. The van der Waals surface area contributed by atoms with Crippen LogP contribution in [0.25, 0.3) is 11.3 Å². The molecule has 0 amide bonds. The second kappa shape index (κ2) is 5.80. The van der Waals surface area contributed by atoms with Crippen LogP contribution in [0.4, 0.5) is 0 Å². The first kappa shape index (κ1) is 13.4. The van der Waals surface area contributed by atoms with Crippen LogP contribution in [0.1, 0.15) is 48.5 Å². The van der Waals surface area contributed by atoms with E-state index in [1.54, 1.807) is 0 Å². The van der Waals surface area contributed by atoms with Crippen molar-refractivity contribution in [2.75, 3.05) is 0 Å². The van der Waals surface area contributed by atoms with Crippen LogP contribution in [0.3, 0.4) is 0 Å². The highest BCUT2D eigenvalue weighted by Crippen LogP contribution is 2.32. The van der Waals surface area contributed by atoms with Crippen molar-refractivity contribution in [3.05, 3.63) is 41.0 Å². The fourth-order valence-electron chi connectivity index (χ4n) is 2.89. The number of carbonyl (C=O) groups is 1. The Bertz CT molecular complexity index is 615. The van der Waals surface area contributed by atoms with Gasteiger partial charge in [0.25, 0.3) is 0 Å². The third-order valence-corrected chi connectivity index (χ3v) is 4.29. The topological polar surface area (TPSA) is 34.9 Å². The van der Waals surface area contributed by atoms with Crippen molar-refractivity contribution in [1.29, 1.82) is 0 Å². The summed E-state index contributed by atoms with van der Waals surface area (Å²) < 4.78 is 1.96. The summed E-state index contributed by atoms with van der Waals surface area (Å²) >= 11 is 6.22. The molecule has 1 fully saturated rings. The number of aromatic nitrogens is 2. The molecule has 0 spiro atoms. The van der Waals surface area contributed by atoms with E-state index in [9.17, 15) is 4.79 Å². The van der Waals surface area contributed by atoms with Crippen LogP contribution in [0.2, 0.25) is 5.02 Å². The smallest absolute Gasteiger partial charge is 0.153 e. The molecule has 2 aromatic rings. The van der Waals surface area contributed by atoms with Gasteiger partial charge in [0.2, 0.25) is 0 Å². The lowest BCUT2D eigenvalue weighted by Gasteiger charge is -2.21. The molecule has 20 heavy (non-hydrogen) atoms. The van der Waals surface area contributed by atoms with Gasteiger partial charge >= 0.3 is 0 Å². The monoisotopic (exact) mass is 288 g/mol. The van der Waals surface area contributed by atoms with Gasteiger partial charge < -0.3 is 0 Å². The summed E-state index contributed by atoms with van der Waals surface area (Å²) in [5, 5.41) is 5.27. The van der Waals surface area contributed by atoms with Crippen molar-refractivity contribution < 1.29 is 4.79 Å². The van der Waals surface area contributed by atoms with E-state index >= 15 is 0 Å². The van der Waals surface area contributed by atoms with Crippen LogP contribution in [-0.4, -0.2) is 16.1 Å². The maximum atomic E-state index is 11.3. The van der Waals surface area contributed by atoms with E-state index in [4.69, 9.17) is 11.6 Å². The Balaban J connectivity index is 2.01. The fourth-order valence-corrected chi connectivity index (χ4v) is 3.11. The zero-order valence-corrected chi connectivity index (χ0v) is 12.0. The zero-order valence-electron chi connectivity index (χ0n) is 11.3. The van der Waals surface area contributed by atoms with E-state index in [2.05, 4.69) is 5.10 Å². The molecule has 1 saturated carbocycles. The molecule has 3 nitrogen and oxygen atoms in total. The Morgan fingerprint density at radius 3 is 2.65 bits per heavy atom. The number of rotatable bonds is 3. The number of aldehydes is 1. The van der Waals surface area contributed by atoms with Crippen LogP contribution in [0.5, 0.6) is 0 Å². The van der Waals surface area contributed by atoms with Crippen molar-refractivity contribution in [3.63, 3.8) is 0 Å². The molecule has 0 N–H and O–H groups in total. The standard InChI is InChI=1S/C16H17ClN2O/c17-15-9-5-4-8-14(15)16-12(11-20)10-19(18-16)13-6-2-1-3-7-13/h4-5,8-11,13H,1-3,6-7H2. The molecule has 0 bridgehead atoms. The van der Waals surface area contributed by atoms with Crippen molar-refractivity contribution in [2.45, 2.75) is 38.1 Å². The summed E-state index contributed by atoms with van der Waals surface area (Å²) in [5.41, 5.74) is 2.13. The third-order valence-electron chi connectivity index (χ3n) is 3.97. The number of nitrogens with zero attached hydrogens (tertiary/aromatic N) is 2. The average molecular weight is 289 g/mol. The molecular formula is C16H17ClN2O. The van der Waals surface area contributed by atoms with Gasteiger partial charge in [0.1, 0.15) is 5.69 Å². The first-order valence-electron chi connectivity index (χ1n) is 7.09. The highest BCUT2D eigenvalue weighted by molar-refractivity contribution is 6.33.